The van der Waals surface area contributed by atoms with Crippen molar-refractivity contribution in [1.29, 1.82) is 0 Å². The summed E-state index contributed by atoms with van der Waals surface area (Å²) < 4.78 is 28.1. The van der Waals surface area contributed by atoms with E-state index in [1.807, 2.05) is 26.0 Å². The Morgan fingerprint density at radius 1 is 1.07 bits per heavy atom. The van der Waals surface area contributed by atoms with Gasteiger partial charge in [-0.25, -0.2) is 8.42 Å². The van der Waals surface area contributed by atoms with Crippen LogP contribution in [0.1, 0.15) is 34.3 Å². The number of likely N-dealkylation sites (N-methyl/N-ethyl adjacent to an activating group) is 1. The van der Waals surface area contributed by atoms with E-state index in [0.29, 0.717) is 17.8 Å². The summed E-state index contributed by atoms with van der Waals surface area (Å²) in [7, 11) is -1.94. The molecule has 0 aliphatic carbocycles. The van der Waals surface area contributed by atoms with Crippen LogP contribution in [0.2, 0.25) is 0 Å². The number of anilines is 1. The first kappa shape index (κ1) is 21.3. The van der Waals surface area contributed by atoms with Crippen molar-refractivity contribution in [2.45, 2.75) is 31.6 Å². The maximum atomic E-state index is 12.7. The van der Waals surface area contributed by atoms with Gasteiger partial charge in [0.25, 0.3) is 15.9 Å². The lowest BCUT2D eigenvalue weighted by atomic mass is 10.1. The summed E-state index contributed by atoms with van der Waals surface area (Å²) in [4.78, 5) is 16.8. The Morgan fingerprint density at radius 2 is 1.72 bits per heavy atom. The summed E-state index contributed by atoms with van der Waals surface area (Å²) in [5.41, 5.74) is 2.96. The minimum Gasteiger partial charge on any atom is -0.340 e. The van der Waals surface area contributed by atoms with E-state index < -0.39 is 10.0 Å². The second kappa shape index (κ2) is 8.97. The number of amides is 1. The zero-order valence-corrected chi connectivity index (χ0v) is 18.1. The van der Waals surface area contributed by atoms with Gasteiger partial charge in [0.1, 0.15) is 0 Å². The van der Waals surface area contributed by atoms with Crippen molar-refractivity contribution in [1.82, 2.24) is 9.80 Å². The van der Waals surface area contributed by atoms with Crippen LogP contribution >= 0.6 is 0 Å². The average Bonchev–Trinajstić information content (AvgIpc) is 3.23. The molecule has 7 heteroatoms. The molecule has 2 aromatic rings. The van der Waals surface area contributed by atoms with Gasteiger partial charge >= 0.3 is 0 Å². The summed E-state index contributed by atoms with van der Waals surface area (Å²) in [6.45, 7) is 7.55. The van der Waals surface area contributed by atoms with E-state index in [9.17, 15) is 13.2 Å². The number of nitrogens with one attached hydrogen (secondary N) is 1. The molecule has 1 N–H and O–H groups in total. The van der Waals surface area contributed by atoms with Crippen LogP contribution in [0.25, 0.3) is 0 Å². The number of benzene rings is 2. The zero-order valence-electron chi connectivity index (χ0n) is 17.3. The Morgan fingerprint density at radius 3 is 2.38 bits per heavy atom. The van der Waals surface area contributed by atoms with E-state index in [0.717, 1.165) is 30.8 Å². The van der Waals surface area contributed by atoms with Gasteiger partial charge in [0.15, 0.2) is 0 Å². The zero-order chi connectivity index (χ0) is 21.0. The molecule has 156 valence electrons. The highest BCUT2D eigenvalue weighted by Gasteiger charge is 2.19. The number of aryl methyl sites for hydroxylation is 1. The van der Waals surface area contributed by atoms with Crippen molar-refractivity contribution in [2.75, 3.05) is 37.9 Å². The minimum atomic E-state index is -3.72. The summed E-state index contributed by atoms with van der Waals surface area (Å²) in [6, 6.07) is 11.6. The fourth-order valence-corrected chi connectivity index (χ4v) is 4.58. The highest BCUT2D eigenvalue weighted by molar-refractivity contribution is 7.92. The van der Waals surface area contributed by atoms with E-state index in [1.54, 1.807) is 30.1 Å². The summed E-state index contributed by atoms with van der Waals surface area (Å²) in [6.07, 6.45) is 2.45. The molecule has 0 radical (unpaired) electrons. The molecule has 1 amide bonds. The lowest BCUT2D eigenvalue weighted by Crippen LogP contribution is -2.35. The van der Waals surface area contributed by atoms with Crippen molar-refractivity contribution in [3.8, 4) is 0 Å². The quantitative estimate of drug-likeness (QED) is 0.754. The highest BCUT2D eigenvalue weighted by Crippen LogP contribution is 2.22. The number of carbonyl (C=O) groups is 1. The molecule has 1 fully saturated rings. The number of hydrogen-bond acceptors (Lipinski definition) is 4. The van der Waals surface area contributed by atoms with Crippen molar-refractivity contribution in [3.05, 3.63) is 59.2 Å². The molecule has 29 heavy (non-hydrogen) atoms. The molecule has 2 aromatic carbocycles. The minimum absolute atomic E-state index is 0.101. The number of sulfonamides is 1. The second-order valence-corrected chi connectivity index (χ2v) is 9.34. The van der Waals surface area contributed by atoms with Gasteiger partial charge in [0, 0.05) is 25.7 Å². The van der Waals surface area contributed by atoms with Gasteiger partial charge in [0.2, 0.25) is 0 Å². The summed E-state index contributed by atoms with van der Waals surface area (Å²) in [5, 5.41) is 0. The normalized spacial score (nSPS) is 14.7. The molecule has 0 spiro atoms. The van der Waals surface area contributed by atoms with Crippen LogP contribution in [0.5, 0.6) is 0 Å². The Hall–Kier alpha value is -2.38. The molecule has 1 saturated heterocycles. The van der Waals surface area contributed by atoms with Crippen LogP contribution in [0.15, 0.2) is 47.4 Å². The number of rotatable bonds is 7. The Bertz CT molecular complexity index is 965. The smallest absolute Gasteiger partial charge is 0.261 e. The Kier molecular flexibility index (Phi) is 6.59. The molecule has 0 bridgehead atoms. The van der Waals surface area contributed by atoms with Crippen molar-refractivity contribution in [3.63, 3.8) is 0 Å². The van der Waals surface area contributed by atoms with Gasteiger partial charge in [-0.1, -0.05) is 12.1 Å². The van der Waals surface area contributed by atoms with Crippen molar-refractivity contribution < 1.29 is 13.2 Å². The van der Waals surface area contributed by atoms with Crippen LogP contribution in [-0.2, 0) is 10.0 Å². The largest absolute Gasteiger partial charge is 0.340 e. The lowest BCUT2D eigenvalue weighted by molar-refractivity contribution is 0.0782. The molecule has 0 aromatic heterocycles. The van der Waals surface area contributed by atoms with Crippen molar-refractivity contribution in [2.24, 2.45) is 0 Å². The first-order valence-corrected chi connectivity index (χ1v) is 11.4. The fraction of sp³-hybridized carbons (Fsp3) is 0.409. The van der Waals surface area contributed by atoms with E-state index >= 15 is 0 Å². The number of likely N-dealkylation sites (tertiary alicyclic amines) is 1. The van der Waals surface area contributed by atoms with Crippen LogP contribution in [0.3, 0.4) is 0 Å². The third-order valence-electron chi connectivity index (χ3n) is 5.56. The first-order chi connectivity index (χ1) is 13.8. The predicted molar refractivity (Wildman–Crippen MR) is 116 cm³/mol. The standard InChI is InChI=1S/C22H29N3O3S/c1-17-7-6-8-21(18(17)2)23-29(27,28)20-11-9-19(10-12-20)22(26)24(3)15-16-25-13-4-5-14-25/h6-12,23H,4-5,13-16H2,1-3H3. The molecular weight excluding hydrogens is 386 g/mol. The van der Waals surface area contributed by atoms with Crippen LogP contribution in [-0.4, -0.2) is 57.4 Å². The van der Waals surface area contributed by atoms with Gasteiger partial charge < -0.3 is 9.80 Å². The monoisotopic (exact) mass is 415 g/mol. The lowest BCUT2D eigenvalue weighted by Gasteiger charge is -2.21. The van der Waals surface area contributed by atoms with Gasteiger partial charge in [-0.15, -0.1) is 0 Å². The van der Waals surface area contributed by atoms with Gasteiger partial charge in [0.05, 0.1) is 10.6 Å². The molecule has 0 atom stereocenters. The van der Waals surface area contributed by atoms with E-state index in [1.165, 1.54) is 25.0 Å². The predicted octanol–water partition coefficient (Wildman–Crippen LogP) is 3.27. The van der Waals surface area contributed by atoms with Crippen LogP contribution in [0.4, 0.5) is 5.69 Å². The maximum Gasteiger partial charge on any atom is 0.261 e. The van der Waals surface area contributed by atoms with E-state index in [4.69, 9.17) is 0 Å². The second-order valence-electron chi connectivity index (χ2n) is 7.65. The molecule has 1 aliphatic rings. The molecule has 1 heterocycles. The van der Waals surface area contributed by atoms with Crippen LogP contribution in [0, 0.1) is 13.8 Å². The first-order valence-electron chi connectivity index (χ1n) is 9.95. The topological polar surface area (TPSA) is 69.7 Å². The van der Waals surface area contributed by atoms with Gasteiger partial charge in [-0.2, -0.15) is 0 Å². The summed E-state index contributed by atoms with van der Waals surface area (Å²) >= 11 is 0. The molecule has 0 unspecified atom stereocenters. The SMILES string of the molecule is Cc1cccc(NS(=O)(=O)c2ccc(C(=O)N(C)CCN3CCCC3)cc2)c1C. The number of nitrogens with zero attached hydrogens (tertiary/aromatic N) is 2. The highest BCUT2D eigenvalue weighted by atomic mass is 32.2. The third-order valence-corrected chi connectivity index (χ3v) is 6.94. The average molecular weight is 416 g/mol. The van der Waals surface area contributed by atoms with Gasteiger partial charge in [-0.05, 0) is 81.2 Å². The van der Waals surface area contributed by atoms with Gasteiger partial charge in [-0.3, -0.25) is 9.52 Å². The number of hydrogen-bond donors (Lipinski definition) is 1. The molecule has 3 rings (SSSR count). The molecule has 6 nitrogen and oxygen atoms in total. The summed E-state index contributed by atoms with van der Waals surface area (Å²) in [5.74, 6) is -0.101. The Labute approximate surface area is 173 Å². The van der Waals surface area contributed by atoms with E-state index in [-0.39, 0.29) is 10.8 Å². The maximum absolute atomic E-state index is 12.7. The molecule has 1 aliphatic heterocycles. The van der Waals surface area contributed by atoms with Crippen molar-refractivity contribution >= 4 is 21.6 Å². The molecule has 0 saturated carbocycles. The van der Waals surface area contributed by atoms with Crippen LogP contribution < -0.4 is 4.72 Å². The third kappa shape index (κ3) is 5.16. The molecular formula is C22H29N3O3S. The Balaban J connectivity index is 1.66. The van der Waals surface area contributed by atoms with E-state index in [2.05, 4.69) is 9.62 Å². The fourth-order valence-electron chi connectivity index (χ4n) is 3.46. The number of carbonyl (C=O) groups excluding carboxylic acids is 1.